The van der Waals surface area contributed by atoms with Crippen LogP contribution in [0, 0.1) is 0 Å². The molecule has 58 heavy (non-hydrogen) atoms. The van der Waals surface area contributed by atoms with E-state index in [-0.39, 0.29) is 22.6 Å². The van der Waals surface area contributed by atoms with E-state index in [1.165, 1.54) is 0 Å². The zero-order chi connectivity index (χ0) is 41.1. The Kier molecular flexibility index (Phi) is 13.8. The number of carbonyl (C=O) groups is 2. The van der Waals surface area contributed by atoms with E-state index in [2.05, 4.69) is 13.2 Å². The smallest absolute Gasteiger partial charge is 0.338 e. The Bertz CT molecular complexity index is 2230. The number of aryl methyl sites for hydroxylation is 2. The average Bonchev–Trinajstić information content (AvgIpc) is 3.25. The Morgan fingerprint density at radius 2 is 0.759 bits per heavy atom. The summed E-state index contributed by atoms with van der Waals surface area (Å²) in [6.07, 6.45) is 3.31. The molecule has 0 aliphatic carbocycles. The number of esters is 2. The minimum Gasteiger partial charge on any atom is -0.423 e. The molecule has 0 amide bonds. The van der Waals surface area contributed by atoms with Crippen molar-refractivity contribution < 1.29 is 28.2 Å². The Balaban J connectivity index is 1.34. The zero-order valence-electron chi connectivity index (χ0n) is 33.0. The van der Waals surface area contributed by atoms with Crippen molar-refractivity contribution in [2.45, 2.75) is 39.5 Å². The van der Waals surface area contributed by atoms with E-state index in [0.29, 0.717) is 49.1 Å². The van der Waals surface area contributed by atoms with E-state index in [1.807, 2.05) is 146 Å². The van der Waals surface area contributed by atoms with Gasteiger partial charge in [-0.2, -0.15) is 0 Å². The maximum absolute atomic E-state index is 14.7. The lowest BCUT2D eigenvalue weighted by atomic mass is 9.96. The Hall–Kier alpha value is -5.80. The van der Waals surface area contributed by atoms with Crippen molar-refractivity contribution in [3.8, 4) is 22.6 Å². The molecule has 0 aliphatic heterocycles. The van der Waals surface area contributed by atoms with Crippen LogP contribution in [0.1, 0.15) is 37.8 Å². The van der Waals surface area contributed by atoms with Gasteiger partial charge in [0.05, 0.1) is 0 Å². The molecule has 0 saturated carbocycles. The van der Waals surface area contributed by atoms with Gasteiger partial charge in [0, 0.05) is 55.8 Å². The lowest BCUT2D eigenvalue weighted by Crippen LogP contribution is -2.18. The third-order valence-electron chi connectivity index (χ3n) is 10.1. The second-order valence-corrected chi connectivity index (χ2v) is 20.4. The molecule has 0 radical (unpaired) electrons. The molecule has 0 spiro atoms. The molecular formula is C50H48O6P2. The van der Waals surface area contributed by atoms with Gasteiger partial charge in [-0.3, -0.25) is 0 Å². The first-order valence-electron chi connectivity index (χ1n) is 19.4. The molecule has 0 heterocycles. The summed E-state index contributed by atoms with van der Waals surface area (Å²) in [5.74, 6) is -0.624. The molecule has 0 aliphatic rings. The quantitative estimate of drug-likeness (QED) is 0.0395. The molecule has 8 heteroatoms. The van der Waals surface area contributed by atoms with Crippen LogP contribution in [-0.2, 0) is 31.6 Å². The van der Waals surface area contributed by atoms with Gasteiger partial charge in [-0.05, 0) is 74.9 Å². The van der Waals surface area contributed by atoms with Crippen LogP contribution in [0.15, 0.2) is 182 Å². The Labute approximate surface area is 342 Å². The van der Waals surface area contributed by atoms with Gasteiger partial charge in [0.2, 0.25) is 0 Å². The minimum atomic E-state index is -2.94. The Morgan fingerprint density at radius 3 is 1.03 bits per heavy atom. The fraction of sp³-hybridized carbons (Fsp3) is 0.160. The molecule has 6 aromatic carbocycles. The molecule has 6 aromatic rings. The average molecular weight is 807 g/mol. The molecule has 6 rings (SSSR count). The number of hydrogen-bond acceptors (Lipinski definition) is 6. The molecule has 294 valence electrons. The van der Waals surface area contributed by atoms with Crippen LogP contribution in [0.25, 0.3) is 11.1 Å². The molecule has 0 aromatic heterocycles. The summed E-state index contributed by atoms with van der Waals surface area (Å²) >= 11 is 0. The SMILES string of the molecule is C=C(C)C(=O)Oc1ccc(CCCP(=O)(c2ccccc2)c2ccccc2)cc1-c1cc(CCCP(=O)(c2ccccc2)c2ccccc2)ccc1OC(=O)C(=C)C. The largest absolute Gasteiger partial charge is 0.423 e. The van der Waals surface area contributed by atoms with Gasteiger partial charge in [-0.1, -0.05) is 147 Å². The lowest BCUT2D eigenvalue weighted by Gasteiger charge is -2.20. The van der Waals surface area contributed by atoms with Crippen molar-refractivity contribution in [3.05, 3.63) is 193 Å². The maximum atomic E-state index is 14.7. The van der Waals surface area contributed by atoms with Gasteiger partial charge in [-0.15, -0.1) is 0 Å². The molecule has 6 nitrogen and oxygen atoms in total. The van der Waals surface area contributed by atoms with Gasteiger partial charge in [0.1, 0.15) is 25.8 Å². The minimum absolute atomic E-state index is 0.233. The van der Waals surface area contributed by atoms with E-state index in [4.69, 9.17) is 9.47 Å². The van der Waals surface area contributed by atoms with Crippen molar-refractivity contribution >= 4 is 47.4 Å². The van der Waals surface area contributed by atoms with E-state index in [9.17, 15) is 18.7 Å². The molecule has 0 N–H and O–H groups in total. The normalized spacial score (nSPS) is 11.4. The summed E-state index contributed by atoms with van der Waals surface area (Å²) in [5, 5.41) is 3.25. The Morgan fingerprint density at radius 1 is 0.466 bits per heavy atom. The standard InChI is InChI=1S/C50H48O6P2/c1-37(2)49(51)55-47-31-29-39(19-17-33-57(53,41-21-9-5-10-22-41)42-23-11-6-12-24-42)35-45(47)46-36-40(30-32-48(46)56-50(52)38(3)4)20-18-34-58(54,43-25-13-7-14-26-43)44-27-15-8-16-28-44/h5-16,21-32,35-36H,1,3,17-20,33-34H2,2,4H3. The molecule has 0 atom stereocenters. The van der Waals surface area contributed by atoms with Crippen LogP contribution >= 0.6 is 14.3 Å². The predicted octanol–water partition coefficient (Wildman–Crippen LogP) is 10.2. The highest BCUT2D eigenvalue weighted by atomic mass is 31.2. The number of hydrogen-bond donors (Lipinski definition) is 0. The van der Waals surface area contributed by atoms with Crippen LogP contribution in [-0.4, -0.2) is 24.3 Å². The summed E-state index contributed by atoms with van der Waals surface area (Å²) in [6.45, 7) is 10.7. The molecule has 0 bridgehead atoms. The van der Waals surface area contributed by atoms with Crippen LogP contribution in [0.2, 0.25) is 0 Å². The third kappa shape index (κ3) is 10.0. The summed E-state index contributed by atoms with van der Waals surface area (Å²) in [5.41, 5.74) is 3.41. The molecule has 0 fully saturated rings. The van der Waals surface area contributed by atoms with Gasteiger partial charge in [0.25, 0.3) is 0 Å². The summed E-state index contributed by atoms with van der Waals surface area (Å²) < 4.78 is 41.3. The molecule has 0 unspecified atom stereocenters. The van der Waals surface area contributed by atoms with Crippen molar-refractivity contribution in [1.29, 1.82) is 0 Å². The van der Waals surface area contributed by atoms with Gasteiger partial charge < -0.3 is 18.6 Å². The van der Waals surface area contributed by atoms with Crippen LogP contribution < -0.4 is 30.7 Å². The summed E-state index contributed by atoms with van der Waals surface area (Å²) in [6, 6.07) is 49.6. The van der Waals surface area contributed by atoms with Crippen molar-refractivity contribution in [2.24, 2.45) is 0 Å². The van der Waals surface area contributed by atoms with E-state index in [0.717, 1.165) is 32.3 Å². The van der Waals surface area contributed by atoms with E-state index >= 15 is 0 Å². The lowest BCUT2D eigenvalue weighted by molar-refractivity contribution is -0.131. The predicted molar refractivity (Wildman–Crippen MR) is 239 cm³/mol. The molecule has 0 saturated heterocycles. The first kappa shape index (κ1) is 41.8. The topological polar surface area (TPSA) is 86.7 Å². The zero-order valence-corrected chi connectivity index (χ0v) is 34.8. The maximum Gasteiger partial charge on any atom is 0.338 e. The second-order valence-electron chi connectivity index (χ2n) is 14.5. The van der Waals surface area contributed by atoms with Crippen LogP contribution in [0.4, 0.5) is 0 Å². The van der Waals surface area contributed by atoms with Gasteiger partial charge in [0.15, 0.2) is 0 Å². The molecular weight excluding hydrogens is 758 g/mol. The van der Waals surface area contributed by atoms with Gasteiger partial charge >= 0.3 is 11.9 Å². The first-order chi connectivity index (χ1) is 28.0. The number of rotatable bonds is 17. The van der Waals surface area contributed by atoms with Crippen LogP contribution in [0.3, 0.4) is 0 Å². The fourth-order valence-electron chi connectivity index (χ4n) is 6.94. The summed E-state index contributed by atoms with van der Waals surface area (Å²) in [7, 11) is -5.88. The number of carbonyl (C=O) groups excluding carboxylic acids is 2. The van der Waals surface area contributed by atoms with Crippen LogP contribution in [0.5, 0.6) is 11.5 Å². The number of benzene rings is 6. The van der Waals surface area contributed by atoms with Crippen molar-refractivity contribution in [2.75, 3.05) is 12.3 Å². The van der Waals surface area contributed by atoms with E-state index in [1.54, 1.807) is 26.0 Å². The van der Waals surface area contributed by atoms with Crippen molar-refractivity contribution in [1.82, 2.24) is 0 Å². The highest BCUT2D eigenvalue weighted by Crippen LogP contribution is 2.46. The summed E-state index contributed by atoms with van der Waals surface area (Å²) in [4.78, 5) is 25.9. The third-order valence-corrected chi connectivity index (χ3v) is 16.5. The van der Waals surface area contributed by atoms with E-state index < -0.39 is 26.2 Å². The first-order valence-corrected chi connectivity index (χ1v) is 23.2. The monoisotopic (exact) mass is 806 g/mol. The highest BCUT2D eigenvalue weighted by Gasteiger charge is 2.28. The second kappa shape index (κ2) is 19.1. The fourth-order valence-corrected chi connectivity index (χ4v) is 12.4. The highest BCUT2D eigenvalue weighted by molar-refractivity contribution is 7.79. The van der Waals surface area contributed by atoms with Gasteiger partial charge in [-0.25, -0.2) is 9.59 Å². The number of ether oxygens (including phenoxy) is 2. The van der Waals surface area contributed by atoms with Crippen molar-refractivity contribution in [3.63, 3.8) is 0 Å².